The van der Waals surface area contributed by atoms with Crippen LogP contribution in [0, 0.1) is 6.92 Å². The lowest BCUT2D eigenvalue weighted by atomic mass is 10.1. The Kier molecular flexibility index (Phi) is 8.21. The standard InChI is InChI=1S/C21H29N3O5S2/c1-5-14-30(26,27)24-20-9-7-8-19(16(20)4)22-21(25)17-10-12-18(13-11-17)31(28,29)23-15(3)6-2/h7-13,15,23-24H,5-6,14H2,1-4H3,(H,22,25). The van der Waals surface area contributed by atoms with E-state index < -0.39 is 26.0 Å². The fourth-order valence-corrected chi connectivity index (χ4v) is 5.29. The third kappa shape index (κ3) is 6.78. The predicted molar refractivity (Wildman–Crippen MR) is 123 cm³/mol. The third-order valence-electron chi connectivity index (χ3n) is 4.72. The molecule has 170 valence electrons. The van der Waals surface area contributed by atoms with Crippen molar-refractivity contribution < 1.29 is 21.6 Å². The summed E-state index contributed by atoms with van der Waals surface area (Å²) in [4.78, 5) is 12.7. The van der Waals surface area contributed by atoms with E-state index >= 15 is 0 Å². The van der Waals surface area contributed by atoms with Gasteiger partial charge in [0.1, 0.15) is 0 Å². The van der Waals surface area contributed by atoms with Gasteiger partial charge in [0.05, 0.1) is 16.3 Å². The lowest BCUT2D eigenvalue weighted by molar-refractivity contribution is 0.102. The SMILES string of the molecule is CCCS(=O)(=O)Nc1cccc(NC(=O)c2ccc(S(=O)(=O)NC(C)CC)cc2)c1C. The molecule has 2 aromatic carbocycles. The van der Waals surface area contributed by atoms with Gasteiger partial charge in [-0.2, -0.15) is 0 Å². The maximum atomic E-state index is 12.6. The van der Waals surface area contributed by atoms with E-state index in [1.807, 2.05) is 6.92 Å². The summed E-state index contributed by atoms with van der Waals surface area (Å²) in [7, 11) is -7.11. The van der Waals surface area contributed by atoms with Crippen molar-refractivity contribution in [3.63, 3.8) is 0 Å². The molecule has 0 aliphatic heterocycles. The minimum absolute atomic E-state index is 0.00414. The number of hydrogen-bond donors (Lipinski definition) is 3. The van der Waals surface area contributed by atoms with Crippen LogP contribution in [0.15, 0.2) is 47.4 Å². The highest BCUT2D eigenvalue weighted by atomic mass is 32.2. The summed E-state index contributed by atoms with van der Waals surface area (Å²) in [5.41, 5.74) is 1.70. The number of sulfonamides is 2. The zero-order valence-corrected chi connectivity index (χ0v) is 19.7. The van der Waals surface area contributed by atoms with Crippen molar-refractivity contribution in [2.24, 2.45) is 0 Å². The van der Waals surface area contributed by atoms with Gasteiger partial charge in [-0.25, -0.2) is 21.6 Å². The highest BCUT2D eigenvalue weighted by Crippen LogP contribution is 2.25. The molecule has 10 heteroatoms. The first-order valence-electron chi connectivity index (χ1n) is 10.0. The van der Waals surface area contributed by atoms with Crippen LogP contribution in [-0.2, 0) is 20.0 Å². The van der Waals surface area contributed by atoms with Crippen LogP contribution in [0.1, 0.15) is 49.5 Å². The van der Waals surface area contributed by atoms with Gasteiger partial charge in [0.2, 0.25) is 20.0 Å². The van der Waals surface area contributed by atoms with Crippen LogP contribution in [-0.4, -0.2) is 34.5 Å². The van der Waals surface area contributed by atoms with E-state index in [4.69, 9.17) is 0 Å². The molecule has 0 fully saturated rings. The number of rotatable bonds is 10. The first-order chi connectivity index (χ1) is 14.5. The third-order valence-corrected chi connectivity index (χ3v) is 7.80. The molecule has 0 saturated carbocycles. The van der Waals surface area contributed by atoms with Gasteiger partial charge >= 0.3 is 0 Å². The largest absolute Gasteiger partial charge is 0.322 e. The summed E-state index contributed by atoms with van der Waals surface area (Å²) in [5.74, 6) is -0.431. The summed E-state index contributed by atoms with van der Waals surface area (Å²) in [6.07, 6.45) is 1.15. The van der Waals surface area contributed by atoms with Crippen molar-refractivity contribution in [2.75, 3.05) is 15.8 Å². The predicted octanol–water partition coefficient (Wildman–Crippen LogP) is 3.48. The van der Waals surface area contributed by atoms with E-state index in [9.17, 15) is 21.6 Å². The summed E-state index contributed by atoms with van der Waals surface area (Å²) in [6, 6.07) is 10.4. The normalized spacial score (nSPS) is 12.9. The molecule has 0 aliphatic carbocycles. The van der Waals surface area contributed by atoms with Gasteiger partial charge in [0.15, 0.2) is 0 Å². The molecule has 0 aromatic heterocycles. The number of nitrogens with one attached hydrogen (secondary N) is 3. The van der Waals surface area contributed by atoms with Crippen LogP contribution in [0.3, 0.4) is 0 Å². The number of amides is 1. The van der Waals surface area contributed by atoms with Crippen molar-refractivity contribution in [3.05, 3.63) is 53.6 Å². The second-order valence-electron chi connectivity index (χ2n) is 7.31. The molecule has 0 heterocycles. The molecule has 0 radical (unpaired) electrons. The first kappa shape index (κ1) is 24.8. The molecule has 0 bridgehead atoms. The minimum Gasteiger partial charge on any atom is -0.322 e. The van der Waals surface area contributed by atoms with E-state index in [1.54, 1.807) is 39.0 Å². The van der Waals surface area contributed by atoms with Crippen LogP contribution in [0.25, 0.3) is 0 Å². The van der Waals surface area contributed by atoms with Gasteiger partial charge in [-0.1, -0.05) is 19.9 Å². The maximum Gasteiger partial charge on any atom is 0.255 e. The van der Waals surface area contributed by atoms with E-state index in [2.05, 4.69) is 14.8 Å². The Morgan fingerprint density at radius 2 is 1.58 bits per heavy atom. The van der Waals surface area contributed by atoms with Gasteiger partial charge in [-0.05, 0) is 68.7 Å². The molecule has 1 unspecified atom stereocenters. The van der Waals surface area contributed by atoms with Crippen LogP contribution in [0.5, 0.6) is 0 Å². The number of anilines is 2. The van der Waals surface area contributed by atoms with Gasteiger partial charge < -0.3 is 5.32 Å². The van der Waals surface area contributed by atoms with Crippen molar-refractivity contribution in [3.8, 4) is 0 Å². The Balaban J connectivity index is 2.18. The van der Waals surface area contributed by atoms with Crippen molar-refractivity contribution in [2.45, 2.75) is 51.5 Å². The van der Waals surface area contributed by atoms with E-state index in [0.717, 1.165) is 0 Å². The molecular weight excluding hydrogens is 438 g/mol. The number of hydrogen-bond acceptors (Lipinski definition) is 5. The highest BCUT2D eigenvalue weighted by molar-refractivity contribution is 7.92. The summed E-state index contributed by atoms with van der Waals surface area (Å²) < 4.78 is 53.9. The summed E-state index contributed by atoms with van der Waals surface area (Å²) in [5, 5.41) is 2.75. The number of benzene rings is 2. The molecule has 1 amide bonds. The second-order valence-corrected chi connectivity index (χ2v) is 10.9. The van der Waals surface area contributed by atoms with Crippen LogP contribution < -0.4 is 14.8 Å². The average molecular weight is 468 g/mol. The lowest BCUT2D eigenvalue weighted by Gasteiger charge is -2.15. The topological polar surface area (TPSA) is 121 Å². The molecular formula is C21H29N3O5S2. The van der Waals surface area contributed by atoms with Crippen molar-refractivity contribution in [1.82, 2.24) is 4.72 Å². The molecule has 0 saturated heterocycles. The number of carbonyl (C=O) groups excluding carboxylic acids is 1. The zero-order valence-electron chi connectivity index (χ0n) is 18.1. The Labute approximate surface area is 184 Å². The molecule has 8 nitrogen and oxygen atoms in total. The van der Waals surface area contributed by atoms with Crippen molar-refractivity contribution in [1.29, 1.82) is 0 Å². The molecule has 0 aliphatic rings. The minimum atomic E-state index is -3.65. The Bertz CT molecular complexity index is 1130. The van der Waals surface area contributed by atoms with E-state index in [0.29, 0.717) is 29.8 Å². The molecule has 0 spiro atoms. The second kappa shape index (κ2) is 10.3. The fraction of sp³-hybridized carbons (Fsp3) is 0.381. The summed E-state index contributed by atoms with van der Waals surface area (Å²) >= 11 is 0. The first-order valence-corrected chi connectivity index (χ1v) is 13.2. The molecule has 31 heavy (non-hydrogen) atoms. The molecule has 2 aromatic rings. The van der Waals surface area contributed by atoms with Gasteiger partial charge in [-0.15, -0.1) is 0 Å². The highest BCUT2D eigenvalue weighted by Gasteiger charge is 2.18. The number of carbonyl (C=O) groups is 1. The molecule has 1 atom stereocenters. The zero-order chi connectivity index (χ0) is 23.2. The Morgan fingerprint density at radius 1 is 0.968 bits per heavy atom. The van der Waals surface area contributed by atoms with Gasteiger partial charge in [-0.3, -0.25) is 9.52 Å². The monoisotopic (exact) mass is 467 g/mol. The molecule has 2 rings (SSSR count). The van der Waals surface area contributed by atoms with Crippen LogP contribution in [0.2, 0.25) is 0 Å². The van der Waals surface area contributed by atoms with Crippen molar-refractivity contribution >= 4 is 37.3 Å². The van der Waals surface area contributed by atoms with E-state index in [1.165, 1.54) is 24.3 Å². The Hall–Kier alpha value is -2.43. The fourth-order valence-electron chi connectivity index (χ4n) is 2.77. The summed E-state index contributed by atoms with van der Waals surface area (Å²) in [6.45, 7) is 7.14. The lowest BCUT2D eigenvalue weighted by Crippen LogP contribution is -2.32. The quantitative estimate of drug-likeness (QED) is 0.494. The maximum absolute atomic E-state index is 12.6. The van der Waals surface area contributed by atoms with Crippen LogP contribution >= 0.6 is 0 Å². The van der Waals surface area contributed by atoms with Gasteiger partial charge in [0.25, 0.3) is 5.91 Å². The average Bonchev–Trinajstić information content (AvgIpc) is 2.70. The smallest absolute Gasteiger partial charge is 0.255 e. The Morgan fingerprint density at radius 3 is 2.16 bits per heavy atom. The van der Waals surface area contributed by atoms with Crippen LogP contribution in [0.4, 0.5) is 11.4 Å². The molecule has 3 N–H and O–H groups in total. The van der Waals surface area contributed by atoms with E-state index in [-0.39, 0.29) is 22.3 Å². The van der Waals surface area contributed by atoms with Gasteiger partial charge in [0, 0.05) is 17.3 Å².